The van der Waals surface area contributed by atoms with Gasteiger partial charge in [-0.05, 0) is 12.0 Å². The largest absolute Gasteiger partial charge is 0.477 e. The van der Waals surface area contributed by atoms with Gasteiger partial charge in [0.05, 0.1) is 0 Å². The van der Waals surface area contributed by atoms with Crippen LogP contribution in [-0.4, -0.2) is 39.1 Å². The lowest BCUT2D eigenvalue weighted by molar-refractivity contribution is -0.148. The lowest BCUT2D eigenvalue weighted by atomic mass is 10.0. The number of carboxylic acid groups (broad SMARTS) is 1. The lowest BCUT2D eigenvalue weighted by Crippen LogP contribution is -2.68. The Morgan fingerprint density at radius 3 is 2.93 bits per heavy atom. The van der Waals surface area contributed by atoms with E-state index in [1.807, 2.05) is 6.92 Å². The van der Waals surface area contributed by atoms with Gasteiger partial charge in [-0.3, -0.25) is 9.69 Å². The fourth-order valence-electron chi connectivity index (χ4n) is 1.85. The molecule has 1 fully saturated rings. The summed E-state index contributed by atoms with van der Waals surface area (Å²) in [6, 6.07) is -0.539. The van der Waals surface area contributed by atoms with Crippen molar-refractivity contribution in [1.29, 1.82) is 0 Å². The maximum absolute atomic E-state index is 11.5. The van der Waals surface area contributed by atoms with Gasteiger partial charge in [0.2, 0.25) is 5.91 Å². The van der Waals surface area contributed by atoms with E-state index in [1.165, 1.54) is 16.7 Å². The van der Waals surface area contributed by atoms with Crippen molar-refractivity contribution in [2.75, 3.05) is 5.75 Å². The van der Waals surface area contributed by atoms with E-state index in [-0.39, 0.29) is 17.0 Å². The van der Waals surface area contributed by atoms with Crippen molar-refractivity contribution in [1.82, 2.24) is 4.90 Å². The second-order valence-electron chi connectivity index (χ2n) is 3.55. The number of hydrogen-bond donors (Lipinski definition) is 2. The Bertz CT molecular complexity index is 366. The molecule has 0 saturated carbocycles. The zero-order valence-corrected chi connectivity index (χ0v) is 9.08. The first-order chi connectivity index (χ1) is 7.07. The molecule has 0 aromatic carbocycles. The van der Waals surface area contributed by atoms with Crippen LogP contribution in [-0.2, 0) is 9.59 Å². The Morgan fingerprint density at radius 1 is 1.73 bits per heavy atom. The molecule has 0 unspecified atom stereocenters. The van der Waals surface area contributed by atoms with Crippen molar-refractivity contribution < 1.29 is 14.7 Å². The zero-order chi connectivity index (χ0) is 11.2. The van der Waals surface area contributed by atoms with Crippen LogP contribution < -0.4 is 5.73 Å². The van der Waals surface area contributed by atoms with Crippen LogP contribution in [0.25, 0.3) is 0 Å². The first kappa shape index (κ1) is 10.5. The van der Waals surface area contributed by atoms with Crippen LogP contribution in [0.4, 0.5) is 0 Å². The van der Waals surface area contributed by atoms with Crippen molar-refractivity contribution >= 4 is 23.6 Å². The molecular formula is C9H12N2O3S. The molecule has 2 rings (SSSR count). The number of carbonyl (C=O) groups is 2. The molecule has 0 bridgehead atoms. The van der Waals surface area contributed by atoms with E-state index < -0.39 is 12.0 Å². The van der Waals surface area contributed by atoms with Crippen LogP contribution in [0.5, 0.6) is 0 Å². The molecule has 0 radical (unpaired) electrons. The number of carbonyl (C=O) groups excluding carboxylic acids is 1. The second kappa shape index (κ2) is 3.53. The van der Waals surface area contributed by atoms with Crippen LogP contribution in [0.15, 0.2) is 11.3 Å². The fourth-order valence-corrected chi connectivity index (χ4v) is 3.25. The number of nitrogens with zero attached hydrogens (tertiary/aromatic N) is 1. The normalized spacial score (nSPS) is 30.0. The minimum absolute atomic E-state index is 0.146. The van der Waals surface area contributed by atoms with Crippen LogP contribution in [0, 0.1) is 0 Å². The summed E-state index contributed by atoms with van der Waals surface area (Å²) in [6.07, 6.45) is 0.653. The molecule has 2 aliphatic rings. The predicted molar refractivity (Wildman–Crippen MR) is 56.0 cm³/mol. The van der Waals surface area contributed by atoms with Crippen molar-refractivity contribution in [2.45, 2.75) is 24.8 Å². The molecule has 3 N–H and O–H groups in total. The summed E-state index contributed by atoms with van der Waals surface area (Å²) in [5, 5.41) is 8.88. The van der Waals surface area contributed by atoms with E-state index in [0.717, 1.165) is 5.57 Å². The van der Waals surface area contributed by atoms with E-state index in [1.54, 1.807) is 0 Å². The van der Waals surface area contributed by atoms with Crippen LogP contribution in [0.1, 0.15) is 13.3 Å². The molecular weight excluding hydrogens is 216 g/mol. The van der Waals surface area contributed by atoms with E-state index in [9.17, 15) is 9.59 Å². The molecule has 5 nitrogen and oxygen atoms in total. The van der Waals surface area contributed by atoms with Crippen molar-refractivity contribution in [3.63, 3.8) is 0 Å². The predicted octanol–water partition coefficient (Wildman–Crippen LogP) is -0.0225. The maximum atomic E-state index is 11.5. The van der Waals surface area contributed by atoms with E-state index in [2.05, 4.69) is 0 Å². The topological polar surface area (TPSA) is 83.6 Å². The molecule has 0 spiro atoms. The Hall–Kier alpha value is -1.01. The highest BCUT2D eigenvalue weighted by Gasteiger charge is 2.51. The number of β-lactam (4-membered cyclic amide) rings is 1. The van der Waals surface area contributed by atoms with Crippen LogP contribution in [0.2, 0.25) is 0 Å². The first-order valence-corrected chi connectivity index (χ1v) is 5.78. The third-order valence-corrected chi connectivity index (χ3v) is 4.08. The fraction of sp³-hybridized carbons (Fsp3) is 0.556. The molecule has 0 aromatic heterocycles. The van der Waals surface area contributed by atoms with E-state index in [4.69, 9.17) is 10.8 Å². The smallest absolute Gasteiger partial charge is 0.352 e. The highest BCUT2D eigenvalue weighted by molar-refractivity contribution is 8.00. The lowest BCUT2D eigenvalue weighted by Gasteiger charge is -2.48. The summed E-state index contributed by atoms with van der Waals surface area (Å²) >= 11 is 1.54. The Balaban J connectivity index is 2.38. The standard InChI is InChI=1S/C9H12N2O3S/c1-2-4-3-15-8-5(10)7(12)11(8)6(4)9(13)14/h5,8H,2-3,10H2,1H3,(H,13,14)/t5-,8-/m1/s1. The molecule has 2 aliphatic heterocycles. The molecule has 1 amide bonds. The molecule has 0 aliphatic carbocycles. The van der Waals surface area contributed by atoms with Gasteiger partial charge in [0.1, 0.15) is 17.1 Å². The van der Waals surface area contributed by atoms with Gasteiger partial charge in [0.15, 0.2) is 0 Å². The SMILES string of the molecule is CCC1=C(C(=O)O)N2C(=O)[C@@H](N)[C@H]2SC1. The summed E-state index contributed by atoms with van der Waals surface area (Å²) in [4.78, 5) is 23.8. The monoisotopic (exact) mass is 228 g/mol. The van der Waals surface area contributed by atoms with Gasteiger partial charge in [0, 0.05) is 5.75 Å². The van der Waals surface area contributed by atoms with Crippen molar-refractivity contribution in [2.24, 2.45) is 5.73 Å². The van der Waals surface area contributed by atoms with Gasteiger partial charge in [-0.2, -0.15) is 0 Å². The third-order valence-electron chi connectivity index (χ3n) is 2.72. The Labute approximate surface area is 91.3 Å². The van der Waals surface area contributed by atoms with Gasteiger partial charge in [0.25, 0.3) is 0 Å². The maximum Gasteiger partial charge on any atom is 0.352 e. The number of thioether (sulfide) groups is 1. The van der Waals surface area contributed by atoms with Gasteiger partial charge in [-0.25, -0.2) is 4.79 Å². The summed E-state index contributed by atoms with van der Waals surface area (Å²) in [5.74, 6) is -0.659. The van der Waals surface area contributed by atoms with Gasteiger partial charge >= 0.3 is 5.97 Å². The highest BCUT2D eigenvalue weighted by Crippen LogP contribution is 2.39. The number of rotatable bonds is 2. The van der Waals surface area contributed by atoms with Gasteiger partial charge in [-0.15, -0.1) is 11.8 Å². The average Bonchev–Trinajstić information content (AvgIpc) is 2.25. The molecule has 82 valence electrons. The Kier molecular flexibility index (Phi) is 2.47. The minimum Gasteiger partial charge on any atom is -0.477 e. The number of carboxylic acids is 1. The van der Waals surface area contributed by atoms with E-state index >= 15 is 0 Å². The molecule has 1 saturated heterocycles. The molecule has 2 heterocycles. The highest BCUT2D eigenvalue weighted by atomic mass is 32.2. The number of hydrogen-bond acceptors (Lipinski definition) is 4. The summed E-state index contributed by atoms with van der Waals surface area (Å²) in [6.45, 7) is 1.89. The van der Waals surface area contributed by atoms with Crippen molar-refractivity contribution in [3.8, 4) is 0 Å². The summed E-state index contributed by atoms with van der Waals surface area (Å²) < 4.78 is 0. The zero-order valence-electron chi connectivity index (χ0n) is 8.27. The summed E-state index contributed by atoms with van der Waals surface area (Å²) in [5.41, 5.74) is 6.55. The number of nitrogens with two attached hydrogens (primary N) is 1. The van der Waals surface area contributed by atoms with E-state index in [0.29, 0.717) is 12.2 Å². The number of aliphatic carboxylic acids is 1. The van der Waals surface area contributed by atoms with Gasteiger partial charge < -0.3 is 10.8 Å². The number of fused-ring (bicyclic) bond motifs is 1. The van der Waals surface area contributed by atoms with Crippen LogP contribution >= 0.6 is 11.8 Å². The van der Waals surface area contributed by atoms with Gasteiger partial charge in [-0.1, -0.05) is 6.92 Å². The molecule has 15 heavy (non-hydrogen) atoms. The minimum atomic E-state index is -1.03. The van der Waals surface area contributed by atoms with Crippen LogP contribution in [0.3, 0.4) is 0 Å². The second-order valence-corrected chi connectivity index (χ2v) is 4.65. The molecule has 6 heteroatoms. The van der Waals surface area contributed by atoms with Crippen molar-refractivity contribution in [3.05, 3.63) is 11.3 Å². The average molecular weight is 228 g/mol. The molecule has 0 aromatic rings. The summed E-state index contributed by atoms with van der Waals surface area (Å²) in [7, 11) is 0. The quantitative estimate of drug-likeness (QED) is 0.649. The molecule has 2 atom stereocenters. The Morgan fingerprint density at radius 2 is 2.40 bits per heavy atom. The third kappa shape index (κ3) is 1.36. The first-order valence-electron chi connectivity index (χ1n) is 4.73. The number of amides is 1.